The van der Waals surface area contributed by atoms with E-state index in [0.717, 1.165) is 45.7 Å². The molecule has 1 aliphatic carbocycles. The third kappa shape index (κ3) is 3.12. The number of aromatic nitrogens is 2. The van der Waals surface area contributed by atoms with E-state index in [-0.39, 0.29) is 11.8 Å². The first-order valence-electron chi connectivity index (χ1n) is 9.84. The maximum absolute atomic E-state index is 12.2. The molecule has 0 aliphatic heterocycles. The summed E-state index contributed by atoms with van der Waals surface area (Å²) in [5, 5.41) is 17.7. The Kier molecular flexibility index (Phi) is 4.32. The van der Waals surface area contributed by atoms with Crippen LogP contribution < -0.4 is 10.6 Å². The number of furan rings is 1. The second-order valence-electron chi connectivity index (χ2n) is 7.42. The second kappa shape index (κ2) is 7.16. The molecule has 30 heavy (non-hydrogen) atoms. The highest BCUT2D eigenvalue weighted by atomic mass is 16.3. The van der Waals surface area contributed by atoms with Gasteiger partial charge in [-0.25, -0.2) is 9.97 Å². The topological polar surface area (TPSA) is 104 Å². The molecule has 7 heteroatoms. The summed E-state index contributed by atoms with van der Waals surface area (Å²) in [6.07, 6.45) is 5.65. The lowest BCUT2D eigenvalue weighted by Gasteiger charge is -2.10. The molecular weight excluding hydrogens is 378 g/mol. The van der Waals surface area contributed by atoms with E-state index in [4.69, 9.17) is 9.68 Å². The number of rotatable bonds is 5. The van der Waals surface area contributed by atoms with Crippen molar-refractivity contribution >= 4 is 39.3 Å². The van der Waals surface area contributed by atoms with Crippen molar-refractivity contribution in [3.8, 4) is 17.4 Å². The molecule has 5 rings (SSSR count). The molecule has 3 aromatic heterocycles. The zero-order valence-electron chi connectivity index (χ0n) is 16.4. The number of hydrogen-bond donors (Lipinski definition) is 2. The van der Waals surface area contributed by atoms with Gasteiger partial charge in [-0.05, 0) is 36.6 Å². The van der Waals surface area contributed by atoms with Gasteiger partial charge in [-0.3, -0.25) is 4.79 Å². The van der Waals surface area contributed by atoms with Crippen LogP contribution in [0.15, 0.2) is 47.1 Å². The van der Waals surface area contributed by atoms with Crippen molar-refractivity contribution in [1.82, 2.24) is 9.97 Å². The maximum Gasteiger partial charge on any atom is 0.228 e. The van der Waals surface area contributed by atoms with Crippen LogP contribution in [-0.2, 0) is 11.2 Å². The molecule has 1 amide bonds. The molecule has 0 atom stereocenters. The first-order valence-corrected chi connectivity index (χ1v) is 9.84. The van der Waals surface area contributed by atoms with E-state index < -0.39 is 0 Å². The van der Waals surface area contributed by atoms with E-state index in [9.17, 15) is 4.79 Å². The number of nitrogens with zero attached hydrogens (tertiary/aromatic N) is 3. The Labute approximate surface area is 172 Å². The molecule has 4 aromatic rings. The van der Waals surface area contributed by atoms with Gasteiger partial charge in [-0.1, -0.05) is 12.1 Å². The average Bonchev–Trinajstić information content (AvgIpc) is 3.52. The van der Waals surface area contributed by atoms with Gasteiger partial charge in [0, 0.05) is 47.1 Å². The van der Waals surface area contributed by atoms with E-state index in [1.165, 1.54) is 0 Å². The van der Waals surface area contributed by atoms with Crippen molar-refractivity contribution in [3.63, 3.8) is 0 Å². The van der Waals surface area contributed by atoms with E-state index in [0.29, 0.717) is 23.8 Å². The summed E-state index contributed by atoms with van der Waals surface area (Å²) in [7, 11) is 1.81. The smallest absolute Gasteiger partial charge is 0.228 e. The van der Waals surface area contributed by atoms with Gasteiger partial charge in [0.2, 0.25) is 5.91 Å². The highest BCUT2D eigenvalue weighted by molar-refractivity contribution is 6.04. The molecule has 148 valence electrons. The lowest BCUT2D eigenvalue weighted by molar-refractivity contribution is -0.117. The number of benzene rings is 1. The number of nitriles is 1. The number of carbonyl (C=O) groups is 1. The fraction of sp³-hybridized carbons (Fsp3) is 0.217. The van der Waals surface area contributed by atoms with Crippen LogP contribution in [0, 0.1) is 17.2 Å². The van der Waals surface area contributed by atoms with Crippen molar-refractivity contribution in [2.75, 3.05) is 17.7 Å². The third-order valence-electron chi connectivity index (χ3n) is 5.39. The number of hydrogen-bond acceptors (Lipinski definition) is 6. The number of carbonyl (C=O) groups excluding carboxylic acids is 1. The molecule has 0 unspecified atom stereocenters. The van der Waals surface area contributed by atoms with Crippen molar-refractivity contribution in [3.05, 3.63) is 48.3 Å². The molecule has 2 N–H and O–H groups in total. The van der Waals surface area contributed by atoms with Crippen molar-refractivity contribution in [2.24, 2.45) is 5.92 Å². The maximum atomic E-state index is 12.2. The van der Waals surface area contributed by atoms with Crippen LogP contribution in [0.4, 0.5) is 11.6 Å². The third-order valence-corrected chi connectivity index (χ3v) is 5.39. The first kappa shape index (κ1) is 18.1. The van der Waals surface area contributed by atoms with Crippen LogP contribution in [-0.4, -0.2) is 22.9 Å². The Morgan fingerprint density at radius 1 is 1.20 bits per heavy atom. The van der Waals surface area contributed by atoms with Gasteiger partial charge < -0.3 is 15.1 Å². The lowest BCUT2D eigenvalue weighted by Crippen LogP contribution is -2.14. The Bertz CT molecular complexity index is 1330. The fourth-order valence-electron chi connectivity index (χ4n) is 3.67. The molecule has 1 fully saturated rings. The molecule has 1 aliphatic rings. The van der Waals surface area contributed by atoms with Crippen molar-refractivity contribution in [1.29, 1.82) is 5.26 Å². The summed E-state index contributed by atoms with van der Waals surface area (Å²) in [4.78, 5) is 21.1. The second-order valence-corrected chi connectivity index (χ2v) is 7.42. The number of fused-ring (bicyclic) bond motifs is 2. The summed E-state index contributed by atoms with van der Waals surface area (Å²) >= 11 is 0. The zero-order chi connectivity index (χ0) is 20.7. The zero-order valence-corrected chi connectivity index (χ0v) is 16.4. The Morgan fingerprint density at radius 2 is 2.07 bits per heavy atom. The lowest BCUT2D eigenvalue weighted by atomic mass is 10.0. The largest absolute Gasteiger partial charge is 0.456 e. The van der Waals surface area contributed by atoms with Gasteiger partial charge in [-0.2, -0.15) is 5.26 Å². The van der Waals surface area contributed by atoms with Gasteiger partial charge in [0.1, 0.15) is 23.0 Å². The van der Waals surface area contributed by atoms with Crippen LogP contribution in [0.1, 0.15) is 18.4 Å². The van der Waals surface area contributed by atoms with Crippen LogP contribution in [0.5, 0.6) is 0 Å². The molecule has 0 bridgehead atoms. The molecule has 0 spiro atoms. The quantitative estimate of drug-likeness (QED) is 0.514. The predicted molar refractivity (Wildman–Crippen MR) is 115 cm³/mol. The first-order chi connectivity index (χ1) is 14.7. The number of amides is 1. The summed E-state index contributed by atoms with van der Waals surface area (Å²) in [5.41, 5.74) is 2.44. The summed E-state index contributed by atoms with van der Waals surface area (Å²) in [5.74, 6) is 1.97. The molecule has 1 aromatic carbocycles. The van der Waals surface area contributed by atoms with Gasteiger partial charge >= 0.3 is 0 Å². The van der Waals surface area contributed by atoms with Crippen LogP contribution >= 0.6 is 0 Å². The molecule has 7 nitrogen and oxygen atoms in total. The average molecular weight is 397 g/mol. The molecular formula is C23H19N5O2. The molecule has 0 saturated heterocycles. The standard InChI is InChI=1S/C23H19N5O2/c1-25-22-18-12-26-21(28-23(29)14-5-6-14)10-16(18)17(11-27-22)20-9-15-13(7-8-24)3-2-4-19(15)30-20/h2-4,9-12,14H,5-7H2,1H3,(H,25,27)(H,26,28,29). The predicted octanol–water partition coefficient (Wildman–Crippen LogP) is 4.50. The minimum atomic E-state index is 0.0104. The number of anilines is 2. The van der Waals surface area contributed by atoms with Crippen LogP contribution in [0.2, 0.25) is 0 Å². The van der Waals surface area contributed by atoms with Crippen molar-refractivity contribution in [2.45, 2.75) is 19.3 Å². The van der Waals surface area contributed by atoms with E-state index in [1.807, 2.05) is 30.3 Å². The summed E-state index contributed by atoms with van der Waals surface area (Å²) in [6, 6.07) is 11.7. The Morgan fingerprint density at radius 3 is 2.83 bits per heavy atom. The molecule has 0 radical (unpaired) electrons. The van der Waals surface area contributed by atoms with Gasteiger partial charge in [0.25, 0.3) is 0 Å². The Balaban J connectivity index is 1.66. The van der Waals surface area contributed by atoms with E-state index >= 15 is 0 Å². The van der Waals surface area contributed by atoms with E-state index in [2.05, 4.69) is 26.7 Å². The molecule has 1 saturated carbocycles. The minimum Gasteiger partial charge on any atom is -0.456 e. The summed E-state index contributed by atoms with van der Waals surface area (Å²) in [6.45, 7) is 0. The minimum absolute atomic E-state index is 0.0104. The highest BCUT2D eigenvalue weighted by Crippen LogP contribution is 2.37. The summed E-state index contributed by atoms with van der Waals surface area (Å²) < 4.78 is 6.11. The van der Waals surface area contributed by atoms with Gasteiger partial charge in [-0.15, -0.1) is 0 Å². The monoisotopic (exact) mass is 397 g/mol. The normalized spacial score (nSPS) is 13.3. The SMILES string of the molecule is CNc1ncc(-c2cc3c(CC#N)cccc3o2)c2cc(NC(=O)C3CC3)ncc12. The fourth-order valence-corrected chi connectivity index (χ4v) is 3.67. The van der Waals surface area contributed by atoms with Gasteiger partial charge in [0.15, 0.2) is 0 Å². The van der Waals surface area contributed by atoms with Crippen LogP contribution in [0.3, 0.4) is 0 Å². The number of pyridine rings is 2. The van der Waals surface area contributed by atoms with E-state index in [1.54, 1.807) is 19.4 Å². The van der Waals surface area contributed by atoms with Crippen LogP contribution in [0.25, 0.3) is 33.1 Å². The highest BCUT2D eigenvalue weighted by Gasteiger charge is 2.30. The molecule has 3 heterocycles. The Hall–Kier alpha value is -3.92. The van der Waals surface area contributed by atoms with Crippen molar-refractivity contribution < 1.29 is 9.21 Å². The number of nitrogens with one attached hydrogen (secondary N) is 2. The van der Waals surface area contributed by atoms with Gasteiger partial charge in [0.05, 0.1) is 12.5 Å².